The van der Waals surface area contributed by atoms with Crippen molar-refractivity contribution in [3.8, 4) is 0 Å². The molecule has 1 radical (unpaired) electrons. The van der Waals surface area contributed by atoms with Crippen LogP contribution in [-0.4, -0.2) is 44.7 Å². The molecule has 1 fully saturated rings. The lowest BCUT2D eigenvalue weighted by Gasteiger charge is -2.25. The average Bonchev–Trinajstić information content (AvgIpc) is 2.06. The Balaban J connectivity index is 2.54. The zero-order chi connectivity index (χ0) is 9.03. The Morgan fingerprint density at radius 2 is 1.92 bits per heavy atom. The van der Waals surface area contributed by atoms with Gasteiger partial charge in [0.2, 0.25) is 10.0 Å². The van der Waals surface area contributed by atoms with Gasteiger partial charge in [-0.3, -0.25) is 0 Å². The van der Waals surface area contributed by atoms with Crippen molar-refractivity contribution in [2.24, 2.45) is 0 Å². The number of nitrogens with zero attached hydrogens (tertiary/aromatic N) is 2. The summed E-state index contributed by atoms with van der Waals surface area (Å²) in [6, 6.07) is 0. The maximum atomic E-state index is 11.5. The highest BCUT2D eigenvalue weighted by molar-refractivity contribution is 7.89. The minimum atomic E-state index is -2.96. The summed E-state index contributed by atoms with van der Waals surface area (Å²) >= 11 is 0. The monoisotopic (exact) mass is 191 g/mol. The van der Waals surface area contributed by atoms with E-state index in [-0.39, 0.29) is 5.75 Å². The molecule has 0 N–H and O–H groups in total. The van der Waals surface area contributed by atoms with E-state index in [1.54, 1.807) is 4.31 Å². The van der Waals surface area contributed by atoms with Crippen LogP contribution in [0.5, 0.6) is 0 Å². The van der Waals surface area contributed by atoms with Gasteiger partial charge in [0.25, 0.3) is 0 Å². The van der Waals surface area contributed by atoms with Crippen LogP contribution in [0.4, 0.5) is 0 Å². The van der Waals surface area contributed by atoms with Crippen LogP contribution in [0.25, 0.3) is 0 Å². The Labute approximate surface area is 74.0 Å². The van der Waals surface area contributed by atoms with Crippen LogP contribution in [-0.2, 0) is 10.0 Å². The van der Waals surface area contributed by atoms with Crippen LogP contribution in [0.1, 0.15) is 13.3 Å². The summed E-state index contributed by atoms with van der Waals surface area (Å²) in [7, 11) is -2.96. The molecular weight excluding hydrogens is 176 g/mol. The summed E-state index contributed by atoms with van der Waals surface area (Å²) < 4.78 is 24.5. The van der Waals surface area contributed by atoms with Gasteiger partial charge in [-0.1, -0.05) is 6.92 Å². The van der Waals surface area contributed by atoms with Gasteiger partial charge in [-0.15, -0.1) is 0 Å². The van der Waals surface area contributed by atoms with Crippen molar-refractivity contribution < 1.29 is 8.42 Å². The molecule has 0 aromatic carbocycles. The molecule has 1 aliphatic heterocycles. The SMILES string of the molecule is CCCS(=O)(=O)N1CC[N]CC1. The van der Waals surface area contributed by atoms with E-state index < -0.39 is 10.0 Å². The van der Waals surface area contributed by atoms with Crippen LogP contribution in [0.15, 0.2) is 0 Å². The van der Waals surface area contributed by atoms with Crippen LogP contribution in [0.3, 0.4) is 0 Å². The van der Waals surface area contributed by atoms with Crippen molar-refractivity contribution >= 4 is 10.0 Å². The van der Waals surface area contributed by atoms with Gasteiger partial charge in [-0.05, 0) is 6.42 Å². The summed E-state index contributed by atoms with van der Waals surface area (Å²) in [5.74, 6) is 0.271. The quantitative estimate of drug-likeness (QED) is 0.612. The van der Waals surface area contributed by atoms with E-state index in [0.29, 0.717) is 32.6 Å². The number of rotatable bonds is 3. The molecule has 0 aliphatic carbocycles. The maximum Gasteiger partial charge on any atom is 0.214 e. The molecule has 0 aromatic heterocycles. The average molecular weight is 191 g/mol. The first kappa shape index (κ1) is 9.95. The summed E-state index contributed by atoms with van der Waals surface area (Å²) in [4.78, 5) is 0. The topological polar surface area (TPSA) is 51.5 Å². The molecule has 0 spiro atoms. The first-order chi connectivity index (χ1) is 5.67. The molecule has 0 aromatic rings. The zero-order valence-corrected chi connectivity index (χ0v) is 8.18. The third-order valence-corrected chi connectivity index (χ3v) is 3.95. The van der Waals surface area contributed by atoms with Crippen molar-refractivity contribution in [1.82, 2.24) is 9.62 Å². The van der Waals surface area contributed by atoms with Gasteiger partial charge >= 0.3 is 0 Å². The molecule has 12 heavy (non-hydrogen) atoms. The standard InChI is InChI=1S/C7H15N2O2S/c1-2-7-12(10,11)9-5-3-8-4-6-9/h2-7H2,1H3. The highest BCUT2D eigenvalue weighted by Gasteiger charge is 2.22. The van der Waals surface area contributed by atoms with Gasteiger partial charge in [0.05, 0.1) is 5.75 Å². The molecule has 0 saturated carbocycles. The number of hydrogen-bond donors (Lipinski definition) is 0. The lowest BCUT2D eigenvalue weighted by molar-refractivity contribution is 0.356. The van der Waals surface area contributed by atoms with Gasteiger partial charge in [0.15, 0.2) is 0 Å². The van der Waals surface area contributed by atoms with Crippen molar-refractivity contribution in [1.29, 1.82) is 0 Å². The molecular formula is C7H15N2O2S. The second kappa shape index (κ2) is 4.20. The molecule has 0 unspecified atom stereocenters. The summed E-state index contributed by atoms with van der Waals surface area (Å²) in [6.45, 7) is 4.34. The van der Waals surface area contributed by atoms with Gasteiger partial charge < -0.3 is 0 Å². The summed E-state index contributed by atoms with van der Waals surface area (Å²) in [5.41, 5.74) is 0. The lowest BCUT2D eigenvalue weighted by atomic mass is 10.4. The van der Waals surface area contributed by atoms with E-state index in [4.69, 9.17) is 0 Å². The third-order valence-electron chi connectivity index (χ3n) is 1.87. The predicted molar refractivity (Wildman–Crippen MR) is 47.5 cm³/mol. The first-order valence-electron chi connectivity index (χ1n) is 4.28. The van der Waals surface area contributed by atoms with Gasteiger partial charge in [-0.25, -0.2) is 13.7 Å². The molecule has 1 saturated heterocycles. The Morgan fingerprint density at radius 1 is 1.33 bits per heavy atom. The molecule has 71 valence electrons. The fourth-order valence-electron chi connectivity index (χ4n) is 1.25. The molecule has 4 nitrogen and oxygen atoms in total. The second-order valence-electron chi connectivity index (χ2n) is 2.89. The minimum absolute atomic E-state index is 0.271. The molecule has 1 rings (SSSR count). The van der Waals surface area contributed by atoms with E-state index in [2.05, 4.69) is 5.32 Å². The largest absolute Gasteiger partial charge is 0.239 e. The van der Waals surface area contributed by atoms with E-state index in [0.717, 1.165) is 0 Å². The van der Waals surface area contributed by atoms with Gasteiger partial charge in [0, 0.05) is 26.2 Å². The Kier molecular flexibility index (Phi) is 3.49. The Hall–Kier alpha value is -0.130. The van der Waals surface area contributed by atoms with Gasteiger partial charge in [0.1, 0.15) is 0 Å². The maximum absolute atomic E-state index is 11.5. The van der Waals surface area contributed by atoms with E-state index >= 15 is 0 Å². The number of hydrogen-bond acceptors (Lipinski definition) is 2. The van der Waals surface area contributed by atoms with Crippen LogP contribution < -0.4 is 5.32 Å². The van der Waals surface area contributed by atoms with Crippen molar-refractivity contribution in [2.75, 3.05) is 31.9 Å². The molecule has 5 heteroatoms. The predicted octanol–water partition coefficient (Wildman–Crippen LogP) is -0.354. The second-order valence-corrected chi connectivity index (χ2v) is 4.97. The van der Waals surface area contributed by atoms with Crippen LogP contribution >= 0.6 is 0 Å². The highest BCUT2D eigenvalue weighted by atomic mass is 32.2. The van der Waals surface area contributed by atoms with Crippen LogP contribution in [0.2, 0.25) is 0 Å². The van der Waals surface area contributed by atoms with Gasteiger partial charge in [-0.2, -0.15) is 4.31 Å². The minimum Gasteiger partial charge on any atom is -0.239 e. The zero-order valence-electron chi connectivity index (χ0n) is 7.36. The molecule has 0 amide bonds. The molecule has 0 atom stereocenters. The van der Waals surface area contributed by atoms with Crippen molar-refractivity contribution in [3.05, 3.63) is 0 Å². The first-order valence-corrected chi connectivity index (χ1v) is 5.89. The smallest absolute Gasteiger partial charge is 0.214 e. The number of sulfonamides is 1. The Morgan fingerprint density at radius 3 is 2.42 bits per heavy atom. The van der Waals surface area contributed by atoms with Crippen LogP contribution in [0, 0.1) is 0 Å². The van der Waals surface area contributed by atoms with E-state index in [1.807, 2.05) is 6.92 Å². The van der Waals surface area contributed by atoms with Crippen molar-refractivity contribution in [3.63, 3.8) is 0 Å². The third kappa shape index (κ3) is 2.43. The summed E-state index contributed by atoms with van der Waals surface area (Å²) in [5, 5.41) is 4.09. The number of piperazine rings is 1. The van der Waals surface area contributed by atoms with E-state index in [9.17, 15) is 8.42 Å². The van der Waals surface area contributed by atoms with E-state index in [1.165, 1.54) is 0 Å². The molecule has 0 bridgehead atoms. The summed E-state index contributed by atoms with van der Waals surface area (Å²) in [6.07, 6.45) is 0.690. The normalized spacial score (nSPS) is 21.1. The lowest BCUT2D eigenvalue weighted by Crippen LogP contribution is -2.44. The highest BCUT2D eigenvalue weighted by Crippen LogP contribution is 2.04. The fourth-order valence-corrected chi connectivity index (χ4v) is 2.75. The fraction of sp³-hybridized carbons (Fsp3) is 1.00. The van der Waals surface area contributed by atoms with Crippen molar-refractivity contribution in [2.45, 2.75) is 13.3 Å². The molecule has 1 heterocycles. The molecule has 1 aliphatic rings. The Bertz CT molecular complexity index is 220.